The van der Waals surface area contributed by atoms with E-state index in [2.05, 4.69) is 5.32 Å². The first-order valence-electron chi connectivity index (χ1n) is 10.4. The molecule has 1 aromatic rings. The van der Waals surface area contributed by atoms with Gasteiger partial charge in [-0.15, -0.1) is 0 Å². The van der Waals surface area contributed by atoms with Crippen molar-refractivity contribution < 1.29 is 70.3 Å². The Morgan fingerprint density at radius 3 is 2.17 bits per heavy atom. The molecule has 0 radical (unpaired) electrons. The van der Waals surface area contributed by atoms with Gasteiger partial charge in [0, 0.05) is 17.8 Å². The molecule has 2 fully saturated rings. The lowest BCUT2D eigenvalue weighted by Crippen LogP contribution is -2.99. The van der Waals surface area contributed by atoms with E-state index in [0.29, 0.717) is 0 Å². The third-order valence-electron chi connectivity index (χ3n) is 5.74. The fourth-order valence-electron chi connectivity index (χ4n) is 3.83. The lowest BCUT2D eigenvalue weighted by Gasteiger charge is -2.46. The number of benzene rings is 1. The number of ether oxygens (including phenoxy) is 3. The summed E-state index contributed by atoms with van der Waals surface area (Å²) in [6, 6.07) is 3.06. The zero-order valence-electron chi connectivity index (χ0n) is 18.0. The van der Waals surface area contributed by atoms with E-state index in [0.717, 1.165) is 18.2 Å². The van der Waals surface area contributed by atoms with Crippen molar-refractivity contribution >= 4 is 17.3 Å². The van der Waals surface area contributed by atoms with E-state index >= 15 is 0 Å². The van der Waals surface area contributed by atoms with E-state index in [1.807, 2.05) is 0 Å². The monoisotopic (exact) mass is 508 g/mol. The number of nitrogens with one attached hydrogen (secondary N) is 2. The maximum absolute atomic E-state index is 11.3. The molecule has 16 nitrogen and oxygen atoms in total. The first-order chi connectivity index (χ1) is 16.5. The summed E-state index contributed by atoms with van der Waals surface area (Å²) >= 11 is 0. The first kappa shape index (κ1) is 27.6. The molecule has 0 bridgehead atoms. The summed E-state index contributed by atoms with van der Waals surface area (Å²) in [4.78, 5) is 11.3. The Balaban J connectivity index is 1.77. The number of aromatic carboxylic acids is 1. The fourth-order valence-corrected chi connectivity index (χ4v) is 3.83. The maximum atomic E-state index is 11.3. The van der Waals surface area contributed by atoms with Gasteiger partial charge in [0.1, 0.15) is 48.8 Å². The molecule has 11 atom stereocenters. The van der Waals surface area contributed by atoms with Crippen molar-refractivity contribution in [2.24, 2.45) is 0 Å². The molecule has 2 saturated heterocycles. The SMILES string of the molecule is O=C(O)c1cc(N[C@@H]2O[C@@H](CO)[C@@H](O[C@@H]3O[C@@H](CO)[C@@H](O)[C@@H](O)[C@H]3O)[C@@H](O)[C@@H]2O)cc([NH+]([O-])O)c1. The number of carboxylic acids is 1. The van der Waals surface area contributed by atoms with Crippen LogP contribution in [0.1, 0.15) is 10.4 Å². The minimum absolute atomic E-state index is 0.0801. The second kappa shape index (κ2) is 11.4. The summed E-state index contributed by atoms with van der Waals surface area (Å²) < 4.78 is 16.2. The summed E-state index contributed by atoms with van der Waals surface area (Å²) in [6.07, 6.45) is -16.2. The largest absolute Gasteiger partial charge is 0.595 e. The highest BCUT2D eigenvalue weighted by Crippen LogP contribution is 2.30. The number of hydrogen-bond acceptors (Lipinski definition) is 14. The predicted octanol–water partition coefficient (Wildman–Crippen LogP) is -5.18. The van der Waals surface area contributed by atoms with Gasteiger partial charge < -0.3 is 65.6 Å². The van der Waals surface area contributed by atoms with Crippen molar-refractivity contribution in [2.45, 2.75) is 61.3 Å². The van der Waals surface area contributed by atoms with Crippen molar-refractivity contribution in [2.75, 3.05) is 18.5 Å². The van der Waals surface area contributed by atoms with Crippen LogP contribution in [0.5, 0.6) is 0 Å². The number of anilines is 1. The summed E-state index contributed by atoms with van der Waals surface area (Å²) in [5.41, 5.74) is -0.829. The Kier molecular flexibility index (Phi) is 8.94. The Labute approximate surface area is 197 Å². The molecule has 3 rings (SSSR count). The van der Waals surface area contributed by atoms with Crippen molar-refractivity contribution in [3.8, 4) is 0 Å². The summed E-state index contributed by atoms with van der Waals surface area (Å²) in [7, 11) is 0. The molecule has 2 heterocycles. The number of carboxylic acid groups (broad SMARTS) is 1. The van der Waals surface area contributed by atoms with Crippen molar-refractivity contribution in [3.05, 3.63) is 29.0 Å². The Bertz CT molecular complexity index is 870. The van der Waals surface area contributed by atoms with Crippen molar-refractivity contribution in [1.29, 1.82) is 0 Å². The first-order valence-corrected chi connectivity index (χ1v) is 10.4. The van der Waals surface area contributed by atoms with E-state index in [1.54, 1.807) is 0 Å². The van der Waals surface area contributed by atoms with E-state index in [4.69, 9.17) is 14.2 Å². The second-order valence-corrected chi connectivity index (χ2v) is 8.11. The van der Waals surface area contributed by atoms with E-state index in [-0.39, 0.29) is 16.9 Å². The zero-order chi connectivity index (χ0) is 26.0. The van der Waals surface area contributed by atoms with Gasteiger partial charge in [-0.05, 0) is 6.07 Å². The van der Waals surface area contributed by atoms with E-state index in [9.17, 15) is 56.1 Å². The van der Waals surface area contributed by atoms with Crippen molar-refractivity contribution in [1.82, 2.24) is 0 Å². The molecule has 0 spiro atoms. The average molecular weight is 508 g/mol. The normalized spacial score (nSPS) is 38.7. The minimum Gasteiger partial charge on any atom is -0.595 e. The van der Waals surface area contributed by atoms with E-state index < -0.39 is 85.8 Å². The highest BCUT2D eigenvalue weighted by Gasteiger charge is 2.50. The lowest BCUT2D eigenvalue weighted by molar-refractivity contribution is -0.991. The summed E-state index contributed by atoms with van der Waals surface area (Å²) in [5.74, 6) is -1.41. The van der Waals surface area contributed by atoms with Gasteiger partial charge in [0.25, 0.3) is 0 Å². The van der Waals surface area contributed by atoms with Gasteiger partial charge in [-0.25, -0.2) is 10.0 Å². The quantitative estimate of drug-likeness (QED) is 0.147. The van der Waals surface area contributed by atoms with Crippen LogP contribution in [0.15, 0.2) is 18.2 Å². The third kappa shape index (κ3) is 5.87. The molecule has 1 aromatic carbocycles. The van der Waals surface area contributed by atoms with Crippen LogP contribution in [0.3, 0.4) is 0 Å². The van der Waals surface area contributed by atoms with Crippen LogP contribution in [0.2, 0.25) is 0 Å². The van der Waals surface area contributed by atoms with E-state index in [1.165, 1.54) is 0 Å². The molecule has 0 saturated carbocycles. The van der Waals surface area contributed by atoms with Gasteiger partial charge in [0.15, 0.2) is 18.2 Å². The summed E-state index contributed by atoms with van der Waals surface area (Å²) in [6.45, 7) is -1.51. The summed E-state index contributed by atoms with van der Waals surface area (Å²) in [5, 5.41) is 101. The third-order valence-corrected chi connectivity index (χ3v) is 5.74. The number of aliphatic hydroxyl groups is 7. The van der Waals surface area contributed by atoms with Crippen LogP contribution in [-0.2, 0) is 14.2 Å². The molecule has 16 heteroatoms. The van der Waals surface area contributed by atoms with Crippen molar-refractivity contribution in [3.63, 3.8) is 0 Å². The van der Waals surface area contributed by atoms with Crippen LogP contribution in [0, 0.1) is 5.21 Å². The molecule has 2 aliphatic heterocycles. The average Bonchev–Trinajstić information content (AvgIpc) is 2.83. The fraction of sp³-hybridized carbons (Fsp3) is 0.632. The molecule has 2 aliphatic rings. The number of rotatable bonds is 8. The van der Waals surface area contributed by atoms with Gasteiger partial charge in [-0.1, -0.05) is 0 Å². The number of aliphatic hydroxyl groups excluding tert-OH is 7. The Morgan fingerprint density at radius 2 is 1.60 bits per heavy atom. The number of carbonyl (C=O) groups is 1. The molecule has 0 aromatic heterocycles. The van der Waals surface area contributed by atoms with Gasteiger partial charge in [-0.2, -0.15) is 5.23 Å². The molecule has 198 valence electrons. The molecular weight excluding hydrogens is 480 g/mol. The van der Waals surface area contributed by atoms with Crippen LogP contribution in [-0.4, -0.2) is 127 Å². The van der Waals surface area contributed by atoms with Crippen LogP contribution in [0.25, 0.3) is 0 Å². The highest BCUT2D eigenvalue weighted by molar-refractivity contribution is 5.90. The molecule has 11 N–H and O–H groups in total. The van der Waals surface area contributed by atoms with Crippen LogP contribution >= 0.6 is 0 Å². The standard InChI is InChI=1S/C19H28N2O14/c22-4-9-11(24)12(25)15(28)19(34-9)35-16-10(5-23)33-17(14(27)13(16)26)20-7-1-6(18(29)30)2-8(3-7)21(31)32/h1-3,9-17,19-28,31H,4-5H2,(H,29,30)/t9-,10-,11+,12+,13-,14-,15+,16+,17+,19-/m0/s1. The van der Waals surface area contributed by atoms with Crippen LogP contribution < -0.4 is 10.5 Å². The molecule has 0 aliphatic carbocycles. The van der Waals surface area contributed by atoms with Crippen LogP contribution in [0.4, 0.5) is 11.4 Å². The smallest absolute Gasteiger partial charge is 0.335 e. The highest BCUT2D eigenvalue weighted by atomic mass is 16.8. The molecular formula is C19H28N2O14. The zero-order valence-corrected chi connectivity index (χ0v) is 18.0. The van der Waals surface area contributed by atoms with Gasteiger partial charge in [0.05, 0.1) is 18.8 Å². The number of quaternary nitrogens is 1. The second-order valence-electron chi connectivity index (χ2n) is 8.11. The maximum Gasteiger partial charge on any atom is 0.335 e. The van der Waals surface area contributed by atoms with Gasteiger partial charge in [-0.3, -0.25) is 0 Å². The van der Waals surface area contributed by atoms with Gasteiger partial charge >= 0.3 is 5.97 Å². The molecule has 1 unspecified atom stereocenters. The van der Waals surface area contributed by atoms with Gasteiger partial charge in [0.2, 0.25) is 0 Å². The predicted molar refractivity (Wildman–Crippen MR) is 109 cm³/mol. The molecule has 0 amide bonds. The Hall–Kier alpha value is -2.03. The Morgan fingerprint density at radius 1 is 0.943 bits per heavy atom. The molecule has 35 heavy (non-hydrogen) atoms. The topological polar surface area (TPSA) is 266 Å². The number of hydrogen-bond donors (Lipinski definition) is 11. The minimum atomic E-state index is -1.82. The lowest BCUT2D eigenvalue weighted by atomic mass is 9.96.